The van der Waals surface area contributed by atoms with Gasteiger partial charge < -0.3 is 10.1 Å². The van der Waals surface area contributed by atoms with E-state index in [1.165, 1.54) is 34.6 Å². The average Bonchev–Trinajstić information content (AvgIpc) is 3.89. The molecule has 3 aromatic carbocycles. The number of amides is 1. The van der Waals surface area contributed by atoms with Crippen molar-refractivity contribution in [3.63, 3.8) is 0 Å². The van der Waals surface area contributed by atoms with Gasteiger partial charge in [-0.15, -0.1) is 0 Å². The van der Waals surface area contributed by atoms with Gasteiger partial charge in [0.15, 0.2) is 0 Å². The van der Waals surface area contributed by atoms with E-state index in [1.54, 1.807) is 36.7 Å². The molecule has 9 rings (SSSR count). The molecule has 1 aliphatic heterocycles. The molecule has 310 valence electrons. The Labute approximate surface area is 337 Å². The Morgan fingerprint density at radius 2 is 1.70 bits per heavy atom. The van der Waals surface area contributed by atoms with Crippen LogP contribution in [0.5, 0.6) is 0 Å². The van der Waals surface area contributed by atoms with Crippen molar-refractivity contribution in [3.8, 4) is 16.8 Å². The molecule has 0 spiro atoms. The van der Waals surface area contributed by atoms with Gasteiger partial charge in [-0.25, -0.2) is 31.0 Å². The third-order valence-corrected chi connectivity index (χ3v) is 13.0. The molecule has 0 bridgehead atoms. The highest BCUT2D eigenvalue weighted by Gasteiger charge is 2.67. The Hall–Kier alpha value is -5.92. The van der Waals surface area contributed by atoms with E-state index in [9.17, 15) is 35.6 Å². The number of rotatable bonds is 11. The van der Waals surface area contributed by atoms with E-state index >= 15 is 8.78 Å². The molecule has 0 unspecified atom stereocenters. The summed E-state index contributed by atoms with van der Waals surface area (Å²) >= 11 is 0. The van der Waals surface area contributed by atoms with Gasteiger partial charge in [0.25, 0.3) is 17.9 Å². The van der Waals surface area contributed by atoms with Crippen molar-refractivity contribution in [2.45, 2.75) is 48.6 Å². The van der Waals surface area contributed by atoms with E-state index in [1.807, 2.05) is 0 Å². The molecule has 12 nitrogen and oxygen atoms in total. The van der Waals surface area contributed by atoms with E-state index < -0.39 is 87.7 Å². The number of aromatic nitrogens is 5. The molecule has 3 aliphatic rings. The summed E-state index contributed by atoms with van der Waals surface area (Å²) < 4.78 is 123. The summed E-state index contributed by atoms with van der Waals surface area (Å²) in [7, 11) is -3.97. The quantitative estimate of drug-likeness (QED) is 0.152. The number of hydrogen-bond acceptors (Lipinski definition) is 8. The van der Waals surface area contributed by atoms with Crippen molar-refractivity contribution in [3.05, 3.63) is 136 Å². The summed E-state index contributed by atoms with van der Waals surface area (Å²) in [4.78, 5) is 37.5. The highest BCUT2D eigenvalue weighted by molar-refractivity contribution is 7.89. The van der Waals surface area contributed by atoms with Gasteiger partial charge in [0.1, 0.15) is 35.4 Å². The number of ether oxygens (including phenoxy) is 1. The fraction of sp³-hybridized carbons (Fsp3) is 0.293. The van der Waals surface area contributed by atoms with Gasteiger partial charge in [-0.2, -0.15) is 18.2 Å². The number of nitrogens with one attached hydrogen (secondary N) is 1. The lowest BCUT2D eigenvalue weighted by Gasteiger charge is -2.26. The molecule has 1 N–H and O–H groups in total. The Bertz CT molecular complexity index is 2810. The van der Waals surface area contributed by atoms with E-state index in [4.69, 9.17) is 9.72 Å². The molecule has 60 heavy (non-hydrogen) atoms. The minimum absolute atomic E-state index is 0.00125. The lowest BCUT2D eigenvalue weighted by Crippen LogP contribution is -2.40. The van der Waals surface area contributed by atoms with Crippen LogP contribution in [0.4, 0.5) is 26.3 Å². The summed E-state index contributed by atoms with van der Waals surface area (Å²) in [5, 5.41) is 6.50. The van der Waals surface area contributed by atoms with Crippen LogP contribution in [0, 0.1) is 17.6 Å². The van der Waals surface area contributed by atoms with E-state index in [0.29, 0.717) is 21.9 Å². The second-order valence-corrected chi connectivity index (χ2v) is 16.8. The van der Waals surface area contributed by atoms with Crippen molar-refractivity contribution in [1.29, 1.82) is 0 Å². The molecule has 2 aliphatic carbocycles. The summed E-state index contributed by atoms with van der Waals surface area (Å²) in [6, 6.07) is 14.8. The zero-order chi connectivity index (χ0) is 42.1. The number of sulfonamides is 1. The van der Waals surface area contributed by atoms with Crippen LogP contribution >= 0.6 is 0 Å². The second-order valence-electron chi connectivity index (χ2n) is 14.9. The number of benzene rings is 3. The Kier molecular flexibility index (Phi) is 9.86. The first kappa shape index (κ1) is 39.5. The Balaban J connectivity index is 1.17. The van der Waals surface area contributed by atoms with Gasteiger partial charge in [0.2, 0.25) is 15.9 Å². The van der Waals surface area contributed by atoms with Gasteiger partial charge in [-0.1, -0.05) is 12.1 Å². The largest absolute Gasteiger partial charge is 0.379 e. The molecule has 2 fully saturated rings. The maximum absolute atomic E-state index is 15.4. The molecular weight excluding hydrogens is 817 g/mol. The number of carbonyl (C=O) groups is 1. The summed E-state index contributed by atoms with van der Waals surface area (Å²) in [5.74, 6) is -8.63. The lowest BCUT2D eigenvalue weighted by atomic mass is 10.0. The average molecular weight is 850 g/mol. The molecule has 1 saturated heterocycles. The maximum Gasteiger partial charge on any atom is 0.293 e. The van der Waals surface area contributed by atoms with Gasteiger partial charge >= 0.3 is 0 Å². The molecule has 3 atom stereocenters. The van der Waals surface area contributed by atoms with E-state index in [2.05, 4.69) is 15.4 Å². The van der Waals surface area contributed by atoms with Gasteiger partial charge in [0.05, 0.1) is 40.7 Å². The van der Waals surface area contributed by atoms with Crippen LogP contribution in [0.3, 0.4) is 0 Å². The van der Waals surface area contributed by atoms with Gasteiger partial charge in [-0.3, -0.25) is 23.8 Å². The number of fused-ring (bicyclic) bond motifs is 4. The second kappa shape index (κ2) is 15.0. The van der Waals surface area contributed by atoms with Crippen molar-refractivity contribution in [1.82, 2.24) is 33.9 Å². The third kappa shape index (κ3) is 7.02. The number of pyridine rings is 1. The maximum atomic E-state index is 15.4. The summed E-state index contributed by atoms with van der Waals surface area (Å²) in [5.41, 5.74) is -1.03. The Morgan fingerprint density at radius 3 is 2.38 bits per heavy atom. The van der Waals surface area contributed by atoms with Crippen LogP contribution in [0.25, 0.3) is 27.7 Å². The topological polar surface area (TPSA) is 141 Å². The fourth-order valence-corrected chi connectivity index (χ4v) is 9.64. The predicted octanol–water partition coefficient (Wildman–Crippen LogP) is 6.19. The molecule has 3 aromatic heterocycles. The van der Waals surface area contributed by atoms with Crippen LogP contribution in [0.15, 0.2) is 94.9 Å². The smallest absolute Gasteiger partial charge is 0.293 e. The lowest BCUT2D eigenvalue weighted by molar-refractivity contribution is -0.123. The number of morpholine rings is 1. The fourth-order valence-electron chi connectivity index (χ4n) is 8.23. The van der Waals surface area contributed by atoms with Crippen LogP contribution in [0.1, 0.15) is 53.1 Å². The van der Waals surface area contributed by atoms with E-state index in [-0.39, 0.29) is 71.2 Å². The standard InChI is InChI=1S/C41H33F6N7O5S/c42-25-14-22(15-26(43)18-25)16-33(49-34(55)21-53-37-35(36(51-53)38(44)45)30-19-31(30)41(37,46)47)39-50-32-17-23(24-2-1-9-48-20-24)3-8-29(32)40(56)54(39)27-4-6-28(7-5-27)60(57,58)52-10-12-59-13-11-52/h1-9,14-15,17-18,20,30-31,33,38H,10-13,16,19,21H2,(H,49,55)/t30-,31+,33-/m0/s1. The Morgan fingerprint density at radius 1 is 0.967 bits per heavy atom. The number of carbonyl (C=O) groups excluding carboxylic acids is 1. The minimum Gasteiger partial charge on any atom is -0.379 e. The van der Waals surface area contributed by atoms with E-state index in [0.717, 1.165) is 16.7 Å². The zero-order valence-electron chi connectivity index (χ0n) is 31.2. The van der Waals surface area contributed by atoms with Gasteiger partial charge in [0, 0.05) is 55.0 Å². The molecule has 19 heteroatoms. The molecule has 6 aromatic rings. The van der Waals surface area contributed by atoms with Crippen LogP contribution < -0.4 is 10.9 Å². The number of alkyl halides is 4. The number of hydrogen-bond donors (Lipinski definition) is 1. The summed E-state index contributed by atoms with van der Waals surface area (Å²) in [6.45, 7) is -0.258. The molecule has 1 saturated carbocycles. The minimum atomic E-state index is -3.97. The predicted molar refractivity (Wildman–Crippen MR) is 203 cm³/mol. The summed E-state index contributed by atoms with van der Waals surface area (Å²) in [6.07, 6.45) is -0.413. The molecule has 1 amide bonds. The van der Waals surface area contributed by atoms with Crippen molar-refractivity contribution in [2.75, 3.05) is 26.3 Å². The van der Waals surface area contributed by atoms with Crippen molar-refractivity contribution in [2.24, 2.45) is 5.92 Å². The first-order chi connectivity index (χ1) is 28.7. The third-order valence-electron chi connectivity index (χ3n) is 11.1. The van der Waals surface area contributed by atoms with Crippen LogP contribution in [-0.4, -0.2) is 69.2 Å². The highest BCUT2D eigenvalue weighted by Crippen LogP contribution is 2.68. The molecule has 4 heterocycles. The van der Waals surface area contributed by atoms with Crippen LogP contribution in [-0.2, 0) is 38.4 Å². The normalized spacial score (nSPS) is 19.0. The monoisotopic (exact) mass is 849 g/mol. The first-order valence-corrected chi connectivity index (χ1v) is 20.3. The number of nitrogens with zero attached hydrogens (tertiary/aromatic N) is 6. The highest BCUT2D eigenvalue weighted by atomic mass is 32.2. The molecule has 0 radical (unpaired) electrons. The van der Waals surface area contributed by atoms with Gasteiger partial charge in [-0.05, 0) is 78.1 Å². The zero-order valence-corrected chi connectivity index (χ0v) is 32.1. The SMILES string of the molecule is O=C(Cn1nc(C(F)F)c2c1C(F)(F)[C@@H]1C[C@H]21)N[C@@H](Cc1cc(F)cc(F)c1)c1nc2cc(-c3cccnc3)ccc2c(=O)n1-c1ccc(S(=O)(=O)N2CCOCC2)cc1. The van der Waals surface area contributed by atoms with Crippen molar-refractivity contribution < 1.29 is 44.3 Å². The molecular formula is C41H33F6N7O5S. The van der Waals surface area contributed by atoms with Crippen molar-refractivity contribution >= 4 is 26.8 Å². The first-order valence-electron chi connectivity index (χ1n) is 18.9. The number of halogens is 6. The van der Waals surface area contributed by atoms with Crippen LogP contribution in [0.2, 0.25) is 0 Å².